The predicted octanol–water partition coefficient (Wildman–Crippen LogP) is 3.65. The third kappa shape index (κ3) is 2.16. The highest BCUT2D eigenvalue weighted by Crippen LogP contribution is 2.50. The highest BCUT2D eigenvalue weighted by Gasteiger charge is 2.52. The van der Waals surface area contributed by atoms with Crippen molar-refractivity contribution in [2.24, 2.45) is 29.4 Å². The van der Waals surface area contributed by atoms with Gasteiger partial charge in [0.15, 0.2) is 0 Å². The Morgan fingerprint density at radius 1 is 0.950 bits per heavy atom. The standard InChI is InChI=1S/C18H29NO/c19-15-11-10-14-13-8-4-5-9-16(13)20-18(14)17(15)12-6-2-1-3-7-12/h4,8,12-18H,1-3,5-7,9-11,19H2. The molecule has 0 radical (unpaired) electrons. The van der Waals surface area contributed by atoms with Crippen molar-refractivity contribution in [2.75, 3.05) is 0 Å². The van der Waals surface area contributed by atoms with E-state index in [1.165, 1.54) is 57.8 Å². The zero-order chi connectivity index (χ0) is 13.5. The van der Waals surface area contributed by atoms with Crippen molar-refractivity contribution in [3.63, 3.8) is 0 Å². The Labute approximate surface area is 123 Å². The van der Waals surface area contributed by atoms with Gasteiger partial charge in [-0.3, -0.25) is 0 Å². The third-order valence-corrected chi connectivity index (χ3v) is 6.55. The molecule has 0 bridgehead atoms. The van der Waals surface area contributed by atoms with Gasteiger partial charge in [0.05, 0.1) is 12.2 Å². The first-order valence-corrected chi connectivity index (χ1v) is 8.92. The maximum absolute atomic E-state index is 6.57. The topological polar surface area (TPSA) is 35.2 Å². The monoisotopic (exact) mass is 275 g/mol. The fourth-order valence-corrected chi connectivity index (χ4v) is 5.62. The quantitative estimate of drug-likeness (QED) is 0.741. The van der Waals surface area contributed by atoms with Gasteiger partial charge in [0.1, 0.15) is 0 Å². The van der Waals surface area contributed by atoms with Crippen LogP contribution < -0.4 is 5.73 Å². The highest BCUT2D eigenvalue weighted by atomic mass is 16.5. The minimum absolute atomic E-state index is 0.392. The second-order valence-corrected chi connectivity index (χ2v) is 7.60. The molecule has 1 saturated heterocycles. The number of nitrogens with two attached hydrogens (primary N) is 1. The Morgan fingerprint density at radius 3 is 2.65 bits per heavy atom. The van der Waals surface area contributed by atoms with Gasteiger partial charge in [0.25, 0.3) is 0 Å². The zero-order valence-corrected chi connectivity index (χ0v) is 12.5. The Kier molecular flexibility index (Phi) is 3.64. The van der Waals surface area contributed by atoms with E-state index in [2.05, 4.69) is 12.2 Å². The van der Waals surface area contributed by atoms with Crippen LogP contribution in [0.3, 0.4) is 0 Å². The molecule has 0 aromatic carbocycles. The van der Waals surface area contributed by atoms with Gasteiger partial charge in [-0.25, -0.2) is 0 Å². The molecular formula is C18H29NO. The molecule has 112 valence electrons. The Bertz CT molecular complexity index is 374. The van der Waals surface area contributed by atoms with E-state index in [4.69, 9.17) is 10.5 Å². The summed E-state index contributed by atoms with van der Waals surface area (Å²) in [6.07, 6.45) is 17.9. The fraction of sp³-hybridized carbons (Fsp3) is 0.889. The molecule has 0 aromatic heterocycles. The number of rotatable bonds is 1. The first kappa shape index (κ1) is 13.3. The van der Waals surface area contributed by atoms with E-state index in [0.29, 0.717) is 30.1 Å². The van der Waals surface area contributed by atoms with Crippen LogP contribution in [0.4, 0.5) is 0 Å². The molecule has 1 heterocycles. The first-order valence-electron chi connectivity index (χ1n) is 8.92. The average molecular weight is 275 g/mol. The molecule has 0 aromatic rings. The van der Waals surface area contributed by atoms with Crippen molar-refractivity contribution >= 4 is 0 Å². The molecule has 3 fully saturated rings. The molecule has 4 aliphatic rings. The van der Waals surface area contributed by atoms with E-state index in [-0.39, 0.29) is 0 Å². The molecule has 4 rings (SSSR count). The molecule has 20 heavy (non-hydrogen) atoms. The highest BCUT2D eigenvalue weighted by molar-refractivity contribution is 5.10. The first-order chi connectivity index (χ1) is 9.84. The summed E-state index contributed by atoms with van der Waals surface area (Å²) in [7, 11) is 0. The molecule has 2 saturated carbocycles. The molecule has 0 spiro atoms. The number of ether oxygens (including phenoxy) is 1. The second-order valence-electron chi connectivity index (χ2n) is 7.60. The molecule has 2 heteroatoms. The maximum Gasteiger partial charge on any atom is 0.0659 e. The smallest absolute Gasteiger partial charge is 0.0659 e. The van der Waals surface area contributed by atoms with Gasteiger partial charge in [-0.1, -0.05) is 44.3 Å². The number of hydrogen-bond acceptors (Lipinski definition) is 2. The van der Waals surface area contributed by atoms with E-state index in [1.54, 1.807) is 0 Å². The van der Waals surface area contributed by atoms with Crippen LogP contribution in [0.2, 0.25) is 0 Å². The van der Waals surface area contributed by atoms with E-state index < -0.39 is 0 Å². The van der Waals surface area contributed by atoms with Crippen molar-refractivity contribution in [3.8, 4) is 0 Å². The summed E-state index contributed by atoms with van der Waals surface area (Å²) < 4.78 is 6.57. The molecular weight excluding hydrogens is 246 g/mol. The van der Waals surface area contributed by atoms with Crippen LogP contribution in [-0.2, 0) is 4.74 Å². The average Bonchev–Trinajstić information content (AvgIpc) is 2.86. The van der Waals surface area contributed by atoms with Gasteiger partial charge in [-0.05, 0) is 37.5 Å². The lowest BCUT2D eigenvalue weighted by molar-refractivity contribution is -0.0515. The van der Waals surface area contributed by atoms with E-state index >= 15 is 0 Å². The molecule has 2 N–H and O–H groups in total. The minimum atomic E-state index is 0.392. The van der Waals surface area contributed by atoms with Crippen molar-refractivity contribution in [2.45, 2.75) is 76.0 Å². The van der Waals surface area contributed by atoms with E-state index in [0.717, 1.165) is 11.8 Å². The lowest BCUT2D eigenvalue weighted by atomic mass is 9.64. The SMILES string of the molecule is NC1CCC2C3C=CCCC3OC2C1C1CCCCC1. The predicted molar refractivity (Wildman–Crippen MR) is 81.3 cm³/mol. The third-order valence-electron chi connectivity index (χ3n) is 6.55. The zero-order valence-electron chi connectivity index (χ0n) is 12.5. The summed E-state index contributed by atoms with van der Waals surface area (Å²) in [6.45, 7) is 0. The number of fused-ring (bicyclic) bond motifs is 3. The summed E-state index contributed by atoms with van der Waals surface area (Å²) in [5.74, 6) is 2.96. The largest absolute Gasteiger partial charge is 0.374 e. The lowest BCUT2D eigenvalue weighted by Gasteiger charge is -2.43. The van der Waals surface area contributed by atoms with Crippen molar-refractivity contribution in [1.29, 1.82) is 0 Å². The van der Waals surface area contributed by atoms with E-state index in [1.807, 2.05) is 0 Å². The van der Waals surface area contributed by atoms with Crippen LogP contribution in [0, 0.1) is 23.7 Å². The fourth-order valence-electron chi connectivity index (χ4n) is 5.62. The summed E-state index contributed by atoms with van der Waals surface area (Å²) in [5, 5.41) is 0. The van der Waals surface area contributed by atoms with Gasteiger partial charge >= 0.3 is 0 Å². The molecule has 6 atom stereocenters. The Morgan fingerprint density at radius 2 is 1.80 bits per heavy atom. The van der Waals surface area contributed by atoms with Gasteiger partial charge < -0.3 is 10.5 Å². The van der Waals surface area contributed by atoms with E-state index in [9.17, 15) is 0 Å². The number of allylic oxidation sites excluding steroid dienone is 1. The van der Waals surface area contributed by atoms with Crippen LogP contribution in [0.5, 0.6) is 0 Å². The number of hydrogen-bond donors (Lipinski definition) is 1. The molecule has 0 amide bonds. The van der Waals surface area contributed by atoms with Crippen molar-refractivity contribution < 1.29 is 4.74 Å². The summed E-state index contributed by atoms with van der Waals surface area (Å²) in [4.78, 5) is 0. The van der Waals surface area contributed by atoms with Crippen LogP contribution in [0.15, 0.2) is 12.2 Å². The van der Waals surface area contributed by atoms with Gasteiger partial charge in [-0.15, -0.1) is 0 Å². The normalized spacial score (nSPS) is 48.9. The summed E-state index contributed by atoms with van der Waals surface area (Å²) >= 11 is 0. The van der Waals surface area contributed by atoms with Crippen molar-refractivity contribution in [1.82, 2.24) is 0 Å². The van der Waals surface area contributed by atoms with Gasteiger partial charge in [0.2, 0.25) is 0 Å². The van der Waals surface area contributed by atoms with Crippen LogP contribution in [-0.4, -0.2) is 18.2 Å². The second kappa shape index (κ2) is 5.46. The summed E-state index contributed by atoms with van der Waals surface area (Å²) in [5.41, 5.74) is 6.56. The molecule has 3 aliphatic carbocycles. The van der Waals surface area contributed by atoms with Crippen LogP contribution >= 0.6 is 0 Å². The Balaban J connectivity index is 1.56. The van der Waals surface area contributed by atoms with Gasteiger partial charge in [0, 0.05) is 17.9 Å². The van der Waals surface area contributed by atoms with Crippen molar-refractivity contribution in [3.05, 3.63) is 12.2 Å². The molecule has 1 aliphatic heterocycles. The molecule has 6 unspecified atom stereocenters. The minimum Gasteiger partial charge on any atom is -0.374 e. The molecule has 2 nitrogen and oxygen atoms in total. The summed E-state index contributed by atoms with van der Waals surface area (Å²) in [6, 6.07) is 0.392. The van der Waals surface area contributed by atoms with Gasteiger partial charge in [-0.2, -0.15) is 0 Å². The lowest BCUT2D eigenvalue weighted by Crippen LogP contribution is -2.49. The Hall–Kier alpha value is -0.340. The van der Waals surface area contributed by atoms with Crippen LogP contribution in [0.25, 0.3) is 0 Å². The maximum atomic E-state index is 6.57. The van der Waals surface area contributed by atoms with Crippen LogP contribution in [0.1, 0.15) is 57.8 Å².